The molecule has 2 heterocycles. The number of piperazine rings is 1. The number of aryl methyl sites for hydroxylation is 1. The van der Waals surface area contributed by atoms with Crippen LogP contribution in [0.1, 0.15) is 23.9 Å². The first-order valence-electron chi connectivity index (χ1n) is 11.6. The number of hydrogen-bond donors (Lipinski definition) is 1. The Morgan fingerprint density at radius 2 is 1.79 bits per heavy atom. The van der Waals surface area contributed by atoms with Gasteiger partial charge >= 0.3 is 0 Å². The Morgan fingerprint density at radius 3 is 2.44 bits per heavy atom. The minimum absolute atomic E-state index is 0. The van der Waals surface area contributed by atoms with Crippen LogP contribution in [-0.2, 0) is 13.1 Å². The number of halogens is 1. The zero-order chi connectivity index (χ0) is 23.0. The summed E-state index contributed by atoms with van der Waals surface area (Å²) in [5, 5.41) is 3.48. The number of rotatable bonds is 7. The highest BCUT2D eigenvalue weighted by Gasteiger charge is 2.20. The first kappa shape index (κ1) is 25.9. The summed E-state index contributed by atoms with van der Waals surface area (Å²) in [7, 11) is 1.70. The third-order valence-corrected chi connectivity index (χ3v) is 6.03. The van der Waals surface area contributed by atoms with Gasteiger partial charge in [0.2, 0.25) is 0 Å². The van der Waals surface area contributed by atoms with Gasteiger partial charge in [0, 0.05) is 57.3 Å². The second-order valence-corrected chi connectivity index (χ2v) is 8.26. The van der Waals surface area contributed by atoms with Gasteiger partial charge in [0.05, 0.1) is 13.7 Å². The van der Waals surface area contributed by atoms with Gasteiger partial charge in [-0.05, 0) is 49.2 Å². The largest absolute Gasteiger partial charge is 0.497 e. The highest BCUT2D eigenvalue weighted by atomic mass is 127. The van der Waals surface area contributed by atoms with E-state index in [0.29, 0.717) is 6.54 Å². The number of guanidine groups is 1. The number of ether oxygens (including phenoxy) is 1. The molecule has 8 heteroatoms. The Bertz CT molecular complexity index is 1060. The normalized spacial score (nSPS) is 14.0. The molecule has 1 aliphatic rings. The predicted molar refractivity (Wildman–Crippen MR) is 150 cm³/mol. The summed E-state index contributed by atoms with van der Waals surface area (Å²) >= 11 is 0. The zero-order valence-corrected chi connectivity index (χ0v) is 22.6. The fourth-order valence-electron chi connectivity index (χ4n) is 4.16. The van der Waals surface area contributed by atoms with E-state index in [2.05, 4.69) is 68.0 Å². The number of nitrogens with one attached hydrogen (secondary N) is 1. The zero-order valence-electron chi connectivity index (χ0n) is 20.3. The highest BCUT2D eigenvalue weighted by Crippen LogP contribution is 2.20. The molecule has 0 radical (unpaired) electrons. The van der Waals surface area contributed by atoms with E-state index in [4.69, 9.17) is 9.73 Å². The molecule has 0 unspecified atom stereocenters. The third kappa shape index (κ3) is 6.65. The van der Waals surface area contributed by atoms with Crippen molar-refractivity contribution in [3.8, 4) is 5.75 Å². The molecule has 0 spiro atoms. The summed E-state index contributed by atoms with van der Waals surface area (Å²) in [6, 6.07) is 17.0. The summed E-state index contributed by atoms with van der Waals surface area (Å²) in [6.45, 7) is 10.3. The van der Waals surface area contributed by atoms with Gasteiger partial charge < -0.3 is 24.4 Å². The van der Waals surface area contributed by atoms with Crippen molar-refractivity contribution in [2.45, 2.75) is 26.9 Å². The van der Waals surface area contributed by atoms with Crippen LogP contribution in [0.5, 0.6) is 5.75 Å². The van der Waals surface area contributed by atoms with E-state index in [1.165, 1.54) is 16.8 Å². The van der Waals surface area contributed by atoms with E-state index < -0.39 is 0 Å². The summed E-state index contributed by atoms with van der Waals surface area (Å²) in [4.78, 5) is 14.1. The van der Waals surface area contributed by atoms with Crippen LogP contribution in [0.2, 0.25) is 0 Å². The topological polar surface area (TPSA) is 57.9 Å². The van der Waals surface area contributed by atoms with E-state index in [1.54, 1.807) is 7.11 Å². The van der Waals surface area contributed by atoms with Gasteiger partial charge in [0.15, 0.2) is 5.96 Å². The van der Waals surface area contributed by atoms with Crippen molar-refractivity contribution in [1.29, 1.82) is 0 Å². The van der Waals surface area contributed by atoms with Gasteiger partial charge in [0.25, 0.3) is 0 Å². The van der Waals surface area contributed by atoms with Crippen LogP contribution >= 0.6 is 24.0 Å². The number of aliphatic imine (C=N–C) groups is 1. The lowest BCUT2D eigenvalue weighted by atomic mass is 10.1. The molecular weight excluding hydrogens is 539 g/mol. The number of benzene rings is 2. The molecule has 1 saturated heterocycles. The molecule has 34 heavy (non-hydrogen) atoms. The van der Waals surface area contributed by atoms with Gasteiger partial charge in [-0.2, -0.15) is 0 Å². The van der Waals surface area contributed by atoms with E-state index in [1.807, 2.05) is 31.5 Å². The van der Waals surface area contributed by atoms with Crippen molar-refractivity contribution in [2.24, 2.45) is 4.99 Å². The van der Waals surface area contributed by atoms with Crippen LogP contribution in [0.15, 0.2) is 65.9 Å². The molecule has 3 aromatic rings. The maximum absolute atomic E-state index is 5.28. The number of imidazole rings is 1. The van der Waals surface area contributed by atoms with Gasteiger partial charge in [-0.3, -0.25) is 0 Å². The molecule has 0 atom stereocenters. The SMILES string of the molecule is CCNC(=NCc1cccc(Cn2ccnc2C)c1)N1CCN(c2ccc(OC)cc2)CC1.I. The fourth-order valence-corrected chi connectivity index (χ4v) is 4.16. The molecule has 1 aromatic heterocycles. The van der Waals surface area contributed by atoms with Crippen LogP contribution < -0.4 is 15.0 Å². The molecule has 0 saturated carbocycles. The minimum Gasteiger partial charge on any atom is -0.497 e. The van der Waals surface area contributed by atoms with Gasteiger partial charge in [-0.1, -0.05) is 24.3 Å². The van der Waals surface area contributed by atoms with Crippen molar-refractivity contribution < 1.29 is 4.74 Å². The molecule has 1 aliphatic heterocycles. The van der Waals surface area contributed by atoms with Crippen molar-refractivity contribution >= 4 is 35.6 Å². The van der Waals surface area contributed by atoms with Crippen LogP contribution in [0, 0.1) is 6.92 Å². The Balaban J connectivity index is 0.00000324. The molecule has 2 aromatic carbocycles. The third-order valence-electron chi connectivity index (χ3n) is 6.03. The number of methoxy groups -OCH3 is 1. The smallest absolute Gasteiger partial charge is 0.194 e. The molecule has 1 fully saturated rings. The van der Waals surface area contributed by atoms with E-state index in [0.717, 1.165) is 56.8 Å². The van der Waals surface area contributed by atoms with Crippen LogP contribution in [0.25, 0.3) is 0 Å². The number of anilines is 1. The quantitative estimate of drug-likeness (QED) is 0.261. The Labute approximate surface area is 219 Å². The van der Waals surface area contributed by atoms with E-state index in [9.17, 15) is 0 Å². The molecule has 0 amide bonds. The van der Waals surface area contributed by atoms with Crippen molar-refractivity contribution in [3.05, 3.63) is 77.9 Å². The Kier molecular flexibility index (Phi) is 9.62. The lowest BCUT2D eigenvalue weighted by molar-refractivity contribution is 0.372. The summed E-state index contributed by atoms with van der Waals surface area (Å²) in [5.74, 6) is 2.91. The summed E-state index contributed by atoms with van der Waals surface area (Å²) in [6.07, 6.45) is 3.87. The molecule has 7 nitrogen and oxygen atoms in total. The van der Waals surface area contributed by atoms with Gasteiger partial charge in [-0.25, -0.2) is 9.98 Å². The summed E-state index contributed by atoms with van der Waals surface area (Å²) < 4.78 is 7.44. The van der Waals surface area contributed by atoms with Crippen molar-refractivity contribution in [3.63, 3.8) is 0 Å². The predicted octanol–water partition coefficient (Wildman–Crippen LogP) is 4.15. The Morgan fingerprint density at radius 1 is 1.06 bits per heavy atom. The van der Waals surface area contributed by atoms with E-state index >= 15 is 0 Å². The lowest BCUT2D eigenvalue weighted by Gasteiger charge is -2.37. The number of aromatic nitrogens is 2. The van der Waals surface area contributed by atoms with Crippen molar-refractivity contribution in [2.75, 3.05) is 44.7 Å². The Hall–Kier alpha value is -2.75. The number of hydrogen-bond acceptors (Lipinski definition) is 4. The number of nitrogens with zero attached hydrogens (tertiary/aromatic N) is 5. The standard InChI is InChI=1S/C26H34N6O.HI/c1-4-27-26(31-16-14-30(15-17-31)24-8-10-25(33-3)11-9-24)29-19-22-6-5-7-23(18-22)20-32-13-12-28-21(32)2;/h5-13,18H,4,14-17,19-20H2,1-3H3,(H,27,29);1H. The monoisotopic (exact) mass is 574 g/mol. The highest BCUT2D eigenvalue weighted by molar-refractivity contribution is 14.0. The molecule has 0 bridgehead atoms. The molecule has 1 N–H and O–H groups in total. The second kappa shape index (κ2) is 12.6. The fraction of sp³-hybridized carbons (Fsp3) is 0.385. The summed E-state index contributed by atoms with van der Waals surface area (Å²) in [5.41, 5.74) is 3.72. The van der Waals surface area contributed by atoms with Crippen LogP contribution in [-0.4, -0.2) is 60.2 Å². The molecule has 0 aliphatic carbocycles. The van der Waals surface area contributed by atoms with Crippen LogP contribution in [0.3, 0.4) is 0 Å². The molecule has 4 rings (SSSR count). The first-order chi connectivity index (χ1) is 16.2. The minimum atomic E-state index is 0. The maximum atomic E-state index is 5.28. The first-order valence-corrected chi connectivity index (χ1v) is 11.6. The van der Waals surface area contributed by atoms with Gasteiger partial charge in [-0.15, -0.1) is 24.0 Å². The second-order valence-electron chi connectivity index (χ2n) is 8.26. The lowest BCUT2D eigenvalue weighted by Crippen LogP contribution is -2.52. The van der Waals surface area contributed by atoms with Crippen molar-refractivity contribution in [1.82, 2.24) is 19.8 Å². The molecular formula is C26H35IN6O. The van der Waals surface area contributed by atoms with Crippen LogP contribution in [0.4, 0.5) is 5.69 Å². The van der Waals surface area contributed by atoms with E-state index in [-0.39, 0.29) is 24.0 Å². The maximum Gasteiger partial charge on any atom is 0.194 e. The average molecular weight is 575 g/mol. The molecule has 182 valence electrons. The average Bonchev–Trinajstić information content (AvgIpc) is 3.26. The van der Waals surface area contributed by atoms with Gasteiger partial charge in [0.1, 0.15) is 11.6 Å².